The van der Waals surface area contributed by atoms with Gasteiger partial charge in [0, 0.05) is 5.92 Å². The molecule has 1 amide bonds. The third-order valence-electron chi connectivity index (χ3n) is 5.51. The maximum absolute atomic E-state index is 12.4. The summed E-state index contributed by atoms with van der Waals surface area (Å²) < 4.78 is 7.71. The number of ether oxygens (including phenoxy) is 1. The summed E-state index contributed by atoms with van der Waals surface area (Å²) >= 11 is 2.26. The largest absolute Gasteiger partial charge is 0.449 e. The van der Waals surface area contributed by atoms with Crippen LogP contribution >= 0.6 is 22.9 Å². The molecule has 1 unspecified atom stereocenters. The van der Waals surface area contributed by atoms with Crippen LogP contribution in [0.3, 0.4) is 0 Å². The number of alkyl carbamates (subject to hydrolysis) is 1. The molecule has 1 aliphatic heterocycles. The van der Waals surface area contributed by atoms with Gasteiger partial charge < -0.3 is 15.4 Å². The van der Waals surface area contributed by atoms with Crippen molar-refractivity contribution in [3.63, 3.8) is 0 Å². The number of carbonyl (C=O) groups excluding carboxylic acids is 1. The van der Waals surface area contributed by atoms with Crippen molar-refractivity contribution < 1.29 is 9.53 Å². The van der Waals surface area contributed by atoms with E-state index in [9.17, 15) is 4.79 Å². The Hall–Kier alpha value is -2.74. The predicted molar refractivity (Wildman–Crippen MR) is 123 cm³/mol. The van der Waals surface area contributed by atoms with Crippen molar-refractivity contribution in [1.29, 1.82) is 0 Å². The molecule has 29 heavy (non-hydrogen) atoms. The number of carbonyl (C=O) groups is 1. The second-order valence-corrected chi connectivity index (χ2v) is 8.23. The lowest BCUT2D eigenvalue weighted by atomic mass is 9.98. The summed E-state index contributed by atoms with van der Waals surface area (Å²) in [5.74, 6) is 0.0723. The van der Waals surface area contributed by atoms with E-state index >= 15 is 0 Å². The fourth-order valence-corrected chi connectivity index (χ4v) is 4.90. The molecule has 0 spiro atoms. The summed E-state index contributed by atoms with van der Waals surface area (Å²) in [6.45, 7) is 0.778. The minimum atomic E-state index is -0.394. The fourth-order valence-electron chi connectivity index (χ4n) is 4.15. The maximum Gasteiger partial charge on any atom is 0.407 e. The number of benzene rings is 3. The van der Waals surface area contributed by atoms with Gasteiger partial charge >= 0.3 is 6.09 Å². The van der Waals surface area contributed by atoms with Crippen LogP contribution in [0.15, 0.2) is 72.8 Å². The van der Waals surface area contributed by atoms with Crippen molar-refractivity contribution in [3.8, 4) is 11.1 Å². The van der Waals surface area contributed by atoms with Crippen LogP contribution < -0.4 is 13.7 Å². The van der Waals surface area contributed by atoms with E-state index in [0.29, 0.717) is 13.2 Å². The van der Waals surface area contributed by atoms with Gasteiger partial charge in [0.15, 0.2) is 0 Å². The Morgan fingerprint density at radius 2 is 1.59 bits per heavy atom. The molecular weight excluding hydrogens is 477 g/mol. The van der Waals surface area contributed by atoms with Gasteiger partial charge in [0.05, 0.1) is 40.8 Å². The van der Waals surface area contributed by atoms with Crippen molar-refractivity contribution in [1.82, 2.24) is 5.32 Å². The van der Waals surface area contributed by atoms with E-state index in [0.717, 1.165) is 11.4 Å². The quantitative estimate of drug-likeness (QED) is 0.388. The van der Waals surface area contributed by atoms with Crippen molar-refractivity contribution in [2.24, 2.45) is 0 Å². The van der Waals surface area contributed by atoms with Gasteiger partial charge in [0.2, 0.25) is 0 Å². The van der Waals surface area contributed by atoms with Gasteiger partial charge in [-0.2, -0.15) is 0 Å². The monoisotopic (exact) mass is 497 g/mol. The first-order chi connectivity index (χ1) is 14.2. The summed E-state index contributed by atoms with van der Waals surface area (Å²) in [4.78, 5) is 12.4. The molecule has 0 radical (unpaired) electrons. The first kappa shape index (κ1) is 18.3. The van der Waals surface area contributed by atoms with Crippen LogP contribution in [0, 0.1) is 0 Å². The van der Waals surface area contributed by atoms with Crippen LogP contribution in [0.4, 0.5) is 16.2 Å². The Morgan fingerprint density at radius 3 is 2.28 bits per heavy atom. The molecule has 1 aliphatic carbocycles. The highest BCUT2D eigenvalue weighted by Gasteiger charge is 2.30. The molecule has 5 nitrogen and oxygen atoms in total. The summed E-state index contributed by atoms with van der Waals surface area (Å²) in [5.41, 5.74) is 7.07. The number of anilines is 2. The average Bonchev–Trinajstić information content (AvgIpc) is 3.26. The number of hydrogen-bond acceptors (Lipinski definition) is 4. The number of amides is 1. The lowest BCUT2D eigenvalue weighted by Gasteiger charge is -2.20. The molecule has 0 fully saturated rings. The van der Waals surface area contributed by atoms with Gasteiger partial charge in [0.1, 0.15) is 12.8 Å². The van der Waals surface area contributed by atoms with Crippen LogP contribution in [-0.4, -0.2) is 25.4 Å². The van der Waals surface area contributed by atoms with E-state index in [2.05, 4.69) is 66.9 Å². The number of fused-ring (bicyclic) bond motifs is 4. The zero-order valence-electron chi connectivity index (χ0n) is 15.6. The standard InChI is InChI=1S/C23H20IN3O2/c24-27-21-12-6-5-11-20(21)26-22(27)13-25-23(28)29-14-19-17-9-3-1-7-15(17)16-8-2-4-10-18(16)19/h1-12,19,22,26H,13-14H2,(H,25,28). The normalized spacial score (nSPS) is 16.6. The summed E-state index contributed by atoms with van der Waals surface area (Å²) in [6, 6.07) is 24.8. The molecule has 5 rings (SSSR count). The summed E-state index contributed by atoms with van der Waals surface area (Å²) in [7, 11) is 0. The lowest BCUT2D eigenvalue weighted by Crippen LogP contribution is -2.41. The molecule has 2 aliphatic rings. The lowest BCUT2D eigenvalue weighted by molar-refractivity contribution is 0.143. The number of halogens is 1. The first-order valence-corrected chi connectivity index (χ1v) is 10.6. The van der Waals surface area contributed by atoms with E-state index < -0.39 is 6.09 Å². The molecule has 3 aromatic carbocycles. The molecule has 0 aromatic heterocycles. The third-order valence-corrected chi connectivity index (χ3v) is 6.71. The second-order valence-electron chi connectivity index (χ2n) is 7.19. The highest BCUT2D eigenvalue weighted by atomic mass is 127. The van der Waals surface area contributed by atoms with Crippen LogP contribution in [0.25, 0.3) is 11.1 Å². The average molecular weight is 497 g/mol. The van der Waals surface area contributed by atoms with E-state index in [4.69, 9.17) is 4.74 Å². The van der Waals surface area contributed by atoms with Gasteiger partial charge in [-0.3, -0.25) is 3.11 Å². The Bertz CT molecular complexity index is 1030. The van der Waals surface area contributed by atoms with E-state index in [-0.39, 0.29) is 12.1 Å². The third kappa shape index (κ3) is 3.31. The predicted octanol–water partition coefficient (Wildman–Crippen LogP) is 5.13. The van der Waals surface area contributed by atoms with E-state index in [1.165, 1.54) is 22.3 Å². The van der Waals surface area contributed by atoms with Crippen molar-refractivity contribution in [3.05, 3.63) is 83.9 Å². The SMILES string of the molecule is O=C(NCC1Nc2ccccc2N1I)OCC1c2ccccc2-c2ccccc21. The van der Waals surface area contributed by atoms with Gasteiger partial charge in [-0.05, 0) is 34.4 Å². The smallest absolute Gasteiger partial charge is 0.407 e. The number of nitrogens with zero attached hydrogens (tertiary/aromatic N) is 1. The van der Waals surface area contributed by atoms with Gasteiger partial charge in [0.25, 0.3) is 0 Å². The zero-order chi connectivity index (χ0) is 19.8. The topological polar surface area (TPSA) is 53.6 Å². The van der Waals surface area contributed by atoms with Crippen LogP contribution in [0.2, 0.25) is 0 Å². The van der Waals surface area contributed by atoms with Crippen LogP contribution in [0.1, 0.15) is 17.0 Å². The van der Waals surface area contributed by atoms with Crippen molar-refractivity contribution in [2.45, 2.75) is 12.1 Å². The number of rotatable bonds is 4. The van der Waals surface area contributed by atoms with Crippen LogP contribution in [0.5, 0.6) is 0 Å². The molecule has 0 bridgehead atoms. The first-order valence-electron chi connectivity index (χ1n) is 9.62. The molecule has 0 saturated carbocycles. The van der Waals surface area contributed by atoms with Gasteiger partial charge in [-0.15, -0.1) is 0 Å². The second kappa shape index (κ2) is 7.59. The molecule has 6 heteroatoms. The molecular formula is C23H20IN3O2. The molecule has 0 saturated heterocycles. The highest BCUT2D eigenvalue weighted by Crippen LogP contribution is 2.44. The Morgan fingerprint density at radius 1 is 0.966 bits per heavy atom. The molecule has 1 atom stereocenters. The molecule has 1 heterocycles. The van der Waals surface area contributed by atoms with Crippen molar-refractivity contribution in [2.75, 3.05) is 21.6 Å². The Kier molecular flexibility index (Phi) is 4.79. The number of nitrogens with one attached hydrogen (secondary N) is 2. The fraction of sp³-hybridized carbons (Fsp3) is 0.174. The molecule has 2 N–H and O–H groups in total. The summed E-state index contributed by atoms with van der Waals surface area (Å²) in [5, 5.41) is 6.30. The molecule has 3 aromatic rings. The Balaban J connectivity index is 1.21. The number of hydrogen-bond donors (Lipinski definition) is 2. The van der Waals surface area contributed by atoms with Gasteiger partial charge in [-0.25, -0.2) is 4.79 Å². The maximum atomic E-state index is 12.4. The summed E-state index contributed by atoms with van der Waals surface area (Å²) in [6.07, 6.45) is -0.400. The number of para-hydroxylation sites is 2. The van der Waals surface area contributed by atoms with E-state index in [1.54, 1.807) is 0 Å². The zero-order valence-corrected chi connectivity index (χ0v) is 17.8. The molecule has 146 valence electrons. The minimum Gasteiger partial charge on any atom is -0.449 e. The minimum absolute atomic E-state index is 0.00603. The van der Waals surface area contributed by atoms with Gasteiger partial charge in [-0.1, -0.05) is 60.7 Å². The van der Waals surface area contributed by atoms with Crippen molar-refractivity contribution >= 4 is 40.3 Å². The van der Waals surface area contributed by atoms with E-state index in [1.807, 2.05) is 42.5 Å². The highest BCUT2D eigenvalue weighted by molar-refractivity contribution is 14.1. The Labute approximate surface area is 183 Å². The van der Waals surface area contributed by atoms with Crippen LogP contribution in [-0.2, 0) is 4.74 Å².